The number of halogens is 2. The van der Waals surface area contributed by atoms with Gasteiger partial charge in [-0.2, -0.15) is 0 Å². The molecular weight excluding hydrogens is 455 g/mol. The quantitative estimate of drug-likeness (QED) is 0.539. The smallest absolute Gasteiger partial charge is 0.223 e. The highest BCUT2D eigenvalue weighted by Gasteiger charge is 2.25. The van der Waals surface area contributed by atoms with E-state index in [0.717, 1.165) is 18.8 Å². The van der Waals surface area contributed by atoms with E-state index in [2.05, 4.69) is 42.4 Å². The van der Waals surface area contributed by atoms with Gasteiger partial charge in [0, 0.05) is 44.5 Å². The van der Waals surface area contributed by atoms with Crippen LogP contribution >= 0.6 is 11.6 Å². The number of fused-ring (bicyclic) bond motifs is 1. The molecule has 3 heterocycles. The normalized spacial score (nSPS) is 22.1. The summed E-state index contributed by atoms with van der Waals surface area (Å²) in [6, 6.07) is 4.80. The lowest BCUT2D eigenvalue weighted by Crippen LogP contribution is -2.46. The Balaban J connectivity index is 1.21. The topological polar surface area (TPSA) is 82.1 Å². The first-order valence-corrected chi connectivity index (χ1v) is 12.3. The van der Waals surface area contributed by atoms with Crippen molar-refractivity contribution in [1.82, 2.24) is 29.7 Å². The molecule has 0 amide bonds. The second kappa shape index (κ2) is 10.3. The molecular formula is C24H30ClFN8. The molecule has 180 valence electrons. The van der Waals surface area contributed by atoms with E-state index < -0.39 is 5.82 Å². The Hall–Kier alpha value is -2.62. The van der Waals surface area contributed by atoms with Gasteiger partial charge >= 0.3 is 0 Å². The van der Waals surface area contributed by atoms with Gasteiger partial charge < -0.3 is 20.4 Å². The fourth-order valence-corrected chi connectivity index (χ4v) is 4.97. The molecule has 2 aromatic heterocycles. The van der Waals surface area contributed by atoms with Crippen molar-refractivity contribution in [3.8, 4) is 0 Å². The summed E-state index contributed by atoms with van der Waals surface area (Å²) in [6.45, 7) is 5.92. The highest BCUT2D eigenvalue weighted by molar-refractivity contribution is 6.31. The minimum atomic E-state index is -0.466. The predicted molar refractivity (Wildman–Crippen MR) is 133 cm³/mol. The third kappa shape index (κ3) is 5.54. The van der Waals surface area contributed by atoms with E-state index in [4.69, 9.17) is 16.6 Å². The van der Waals surface area contributed by atoms with E-state index >= 15 is 0 Å². The molecule has 34 heavy (non-hydrogen) atoms. The summed E-state index contributed by atoms with van der Waals surface area (Å²) in [6.07, 6.45) is 7.83. The molecule has 0 unspecified atom stereocenters. The monoisotopic (exact) mass is 484 g/mol. The molecule has 1 aliphatic carbocycles. The molecule has 2 N–H and O–H groups in total. The number of nitrogens with zero attached hydrogens (tertiary/aromatic N) is 6. The molecule has 1 aliphatic heterocycles. The first-order chi connectivity index (χ1) is 16.5. The summed E-state index contributed by atoms with van der Waals surface area (Å²) in [5.74, 6) is 1.40. The number of piperazine rings is 1. The summed E-state index contributed by atoms with van der Waals surface area (Å²) in [7, 11) is 2.20. The van der Waals surface area contributed by atoms with Crippen LogP contribution in [0, 0.1) is 11.7 Å². The lowest BCUT2D eigenvalue weighted by molar-refractivity contribution is 0.124. The van der Waals surface area contributed by atoms with E-state index in [1.165, 1.54) is 64.0 Å². The number of likely N-dealkylation sites (N-methyl/N-ethyl adjacent to an activating group) is 1. The van der Waals surface area contributed by atoms with Crippen molar-refractivity contribution in [2.45, 2.75) is 31.7 Å². The van der Waals surface area contributed by atoms with Gasteiger partial charge in [-0.25, -0.2) is 24.3 Å². The molecule has 8 nitrogen and oxygen atoms in total. The molecule has 2 aliphatic rings. The summed E-state index contributed by atoms with van der Waals surface area (Å²) in [5, 5.41) is 6.72. The highest BCUT2D eigenvalue weighted by atomic mass is 35.5. The third-order valence-electron chi connectivity index (χ3n) is 6.85. The average Bonchev–Trinajstić information content (AvgIpc) is 2.84. The van der Waals surface area contributed by atoms with Gasteiger partial charge in [-0.15, -0.1) is 0 Å². The number of rotatable bonds is 6. The number of hydrogen-bond acceptors (Lipinski definition) is 8. The van der Waals surface area contributed by atoms with Crippen LogP contribution in [0.2, 0.25) is 5.02 Å². The molecule has 3 aromatic rings. The van der Waals surface area contributed by atoms with Gasteiger partial charge in [0.15, 0.2) is 5.82 Å². The van der Waals surface area contributed by atoms with Crippen molar-refractivity contribution in [3.05, 3.63) is 41.6 Å². The zero-order valence-electron chi connectivity index (χ0n) is 19.3. The van der Waals surface area contributed by atoms with Crippen LogP contribution in [0.15, 0.2) is 30.7 Å². The third-order valence-corrected chi connectivity index (χ3v) is 7.14. The first kappa shape index (κ1) is 23.1. The minimum absolute atomic E-state index is 0.0450. The minimum Gasteiger partial charge on any atom is -0.351 e. The summed E-state index contributed by atoms with van der Waals surface area (Å²) >= 11 is 5.91. The van der Waals surface area contributed by atoms with Gasteiger partial charge in [-0.3, -0.25) is 0 Å². The second-order valence-corrected chi connectivity index (χ2v) is 9.78. The molecule has 2 fully saturated rings. The van der Waals surface area contributed by atoms with Crippen molar-refractivity contribution >= 4 is 40.1 Å². The maximum Gasteiger partial charge on any atom is 0.223 e. The van der Waals surface area contributed by atoms with Crippen LogP contribution in [-0.2, 0) is 0 Å². The van der Waals surface area contributed by atoms with Gasteiger partial charge in [-0.05, 0) is 56.8 Å². The first-order valence-electron chi connectivity index (χ1n) is 11.9. The van der Waals surface area contributed by atoms with Gasteiger partial charge in [0.1, 0.15) is 23.2 Å². The molecule has 0 radical (unpaired) electrons. The molecule has 0 bridgehead atoms. The Morgan fingerprint density at radius 3 is 2.62 bits per heavy atom. The van der Waals surface area contributed by atoms with Crippen LogP contribution in [0.1, 0.15) is 25.7 Å². The second-order valence-electron chi connectivity index (χ2n) is 9.37. The summed E-state index contributed by atoms with van der Waals surface area (Å²) < 4.78 is 13.5. The zero-order valence-corrected chi connectivity index (χ0v) is 20.1. The summed E-state index contributed by atoms with van der Waals surface area (Å²) in [5.41, 5.74) is 1.86. The molecule has 10 heteroatoms. The largest absolute Gasteiger partial charge is 0.351 e. The Kier molecular flexibility index (Phi) is 7.03. The zero-order chi connectivity index (χ0) is 23.5. The van der Waals surface area contributed by atoms with Gasteiger partial charge in [0.05, 0.1) is 11.2 Å². The van der Waals surface area contributed by atoms with Crippen molar-refractivity contribution in [2.75, 3.05) is 50.4 Å². The molecule has 5 rings (SSSR count). The lowest BCUT2D eigenvalue weighted by Gasteiger charge is -2.37. The van der Waals surface area contributed by atoms with Gasteiger partial charge in [0.25, 0.3) is 0 Å². The molecule has 1 aromatic carbocycles. The van der Waals surface area contributed by atoms with Crippen LogP contribution in [0.25, 0.3) is 11.0 Å². The molecule has 0 atom stereocenters. The van der Waals surface area contributed by atoms with E-state index in [1.807, 2.05) is 0 Å². The lowest BCUT2D eigenvalue weighted by atomic mass is 9.85. The molecule has 1 saturated carbocycles. The van der Waals surface area contributed by atoms with Gasteiger partial charge in [-0.1, -0.05) is 11.6 Å². The maximum absolute atomic E-state index is 13.5. The maximum atomic E-state index is 13.5. The number of hydrogen-bond donors (Lipinski definition) is 2. The summed E-state index contributed by atoms with van der Waals surface area (Å²) in [4.78, 5) is 22.8. The van der Waals surface area contributed by atoms with Crippen LogP contribution in [-0.4, -0.2) is 75.5 Å². The Morgan fingerprint density at radius 2 is 1.85 bits per heavy atom. The Morgan fingerprint density at radius 1 is 1.06 bits per heavy atom. The van der Waals surface area contributed by atoms with E-state index in [9.17, 15) is 4.39 Å². The average molecular weight is 485 g/mol. The number of nitrogens with one attached hydrogen (secondary N) is 2. The molecule has 0 spiro atoms. The number of benzene rings is 1. The van der Waals surface area contributed by atoms with Crippen molar-refractivity contribution < 1.29 is 4.39 Å². The van der Waals surface area contributed by atoms with Crippen molar-refractivity contribution in [1.29, 1.82) is 0 Å². The fraction of sp³-hybridized carbons (Fsp3) is 0.500. The standard InChI is InChI=1S/C24H30ClFN8/c1-33-8-10-34(11-9-33)14-16-2-4-17(5-3-16)31-24-27-13-21-22(32-24)23(29-15-28-21)30-18-6-7-20(26)19(25)12-18/h6-7,12-13,15-17H,2-5,8-11,14H2,1H3,(H,27,31,32)(H,28,29,30). The van der Waals surface area contributed by atoms with Crippen molar-refractivity contribution in [3.63, 3.8) is 0 Å². The molecule has 1 saturated heterocycles. The fourth-order valence-electron chi connectivity index (χ4n) is 4.79. The van der Waals surface area contributed by atoms with E-state index in [0.29, 0.717) is 34.5 Å². The van der Waals surface area contributed by atoms with E-state index in [-0.39, 0.29) is 5.02 Å². The number of aromatic nitrogens is 4. The Labute approximate surface area is 204 Å². The van der Waals surface area contributed by atoms with E-state index in [1.54, 1.807) is 12.3 Å². The van der Waals surface area contributed by atoms with Crippen molar-refractivity contribution in [2.24, 2.45) is 5.92 Å². The van der Waals surface area contributed by atoms with Crippen LogP contribution in [0.4, 0.5) is 21.8 Å². The van der Waals surface area contributed by atoms with Gasteiger partial charge in [0.2, 0.25) is 5.95 Å². The van der Waals surface area contributed by atoms with Crippen LogP contribution in [0.5, 0.6) is 0 Å². The SMILES string of the molecule is CN1CCN(CC2CCC(Nc3ncc4ncnc(Nc5ccc(F)c(Cl)c5)c4n3)CC2)CC1. The highest BCUT2D eigenvalue weighted by Crippen LogP contribution is 2.28. The van der Waals surface area contributed by atoms with Crippen LogP contribution in [0.3, 0.4) is 0 Å². The Bertz CT molecular complexity index is 1130. The predicted octanol–water partition coefficient (Wildman–Crippen LogP) is 4.17. The van der Waals surface area contributed by atoms with Crippen LogP contribution < -0.4 is 10.6 Å². The number of anilines is 3.